The summed E-state index contributed by atoms with van der Waals surface area (Å²) in [7, 11) is 1.56. The average molecular weight is 327 g/mol. The van der Waals surface area contributed by atoms with Crippen molar-refractivity contribution in [1.82, 2.24) is 10.2 Å². The Morgan fingerprint density at radius 1 is 1.41 bits per heavy atom. The fourth-order valence-electron chi connectivity index (χ4n) is 1.98. The summed E-state index contributed by atoms with van der Waals surface area (Å²) >= 11 is 1.51. The number of thioether (sulfide) groups is 1. The molecule has 1 aromatic carbocycles. The van der Waals surface area contributed by atoms with E-state index in [1.165, 1.54) is 40.9 Å². The van der Waals surface area contributed by atoms with Crippen LogP contribution < -0.4 is 10.6 Å². The summed E-state index contributed by atoms with van der Waals surface area (Å²) < 4.78 is 17.7. The molecule has 3 amide bonds. The van der Waals surface area contributed by atoms with Gasteiger partial charge in [-0.1, -0.05) is 0 Å². The molecule has 1 aliphatic rings. The van der Waals surface area contributed by atoms with Crippen molar-refractivity contribution in [2.24, 2.45) is 0 Å². The van der Waals surface area contributed by atoms with Crippen molar-refractivity contribution in [3.05, 3.63) is 30.1 Å². The monoisotopic (exact) mass is 327 g/mol. The van der Waals surface area contributed by atoms with Crippen molar-refractivity contribution in [3.63, 3.8) is 0 Å². The number of urea groups is 1. The first-order valence-electron chi connectivity index (χ1n) is 6.79. The number of anilines is 1. The van der Waals surface area contributed by atoms with Crippen molar-refractivity contribution in [1.29, 1.82) is 0 Å². The van der Waals surface area contributed by atoms with Crippen molar-refractivity contribution >= 4 is 29.4 Å². The van der Waals surface area contributed by atoms with E-state index in [1.54, 1.807) is 7.11 Å². The highest BCUT2D eigenvalue weighted by Crippen LogP contribution is 2.22. The molecule has 0 aliphatic carbocycles. The Bertz CT molecular complexity index is 527. The SMILES string of the molecule is COCCNC(=O)C1CSCN1C(=O)Nc1ccc(F)cc1. The number of hydrogen-bond acceptors (Lipinski definition) is 4. The number of halogens is 1. The number of carbonyl (C=O) groups excluding carboxylic acids is 2. The Kier molecular flexibility index (Phi) is 6.02. The van der Waals surface area contributed by atoms with E-state index in [0.29, 0.717) is 30.5 Å². The Morgan fingerprint density at radius 2 is 2.14 bits per heavy atom. The normalized spacial score (nSPS) is 17.4. The summed E-state index contributed by atoms with van der Waals surface area (Å²) in [6, 6.07) is 4.60. The lowest BCUT2D eigenvalue weighted by atomic mass is 10.2. The summed E-state index contributed by atoms with van der Waals surface area (Å²) in [5.74, 6) is 0.423. The number of rotatable bonds is 5. The second-order valence-electron chi connectivity index (χ2n) is 4.71. The smallest absolute Gasteiger partial charge is 0.323 e. The van der Waals surface area contributed by atoms with Crippen LogP contribution in [0.3, 0.4) is 0 Å². The number of nitrogens with one attached hydrogen (secondary N) is 2. The van der Waals surface area contributed by atoms with Crippen molar-refractivity contribution in [3.8, 4) is 0 Å². The highest BCUT2D eigenvalue weighted by Gasteiger charge is 2.34. The lowest BCUT2D eigenvalue weighted by molar-refractivity contribution is -0.124. The van der Waals surface area contributed by atoms with Crippen LogP contribution in [0.25, 0.3) is 0 Å². The molecule has 1 aliphatic heterocycles. The average Bonchev–Trinajstić information content (AvgIpc) is 2.99. The molecular weight excluding hydrogens is 309 g/mol. The van der Waals surface area contributed by atoms with Gasteiger partial charge in [-0.2, -0.15) is 0 Å². The number of nitrogens with zero attached hydrogens (tertiary/aromatic N) is 1. The minimum atomic E-state index is -0.512. The molecule has 1 unspecified atom stereocenters. The molecule has 0 saturated carbocycles. The first-order chi connectivity index (χ1) is 10.6. The van der Waals surface area contributed by atoms with Gasteiger partial charge in [0, 0.05) is 25.1 Å². The molecule has 2 N–H and O–H groups in total. The molecule has 0 bridgehead atoms. The van der Waals surface area contributed by atoms with Crippen LogP contribution in [0.1, 0.15) is 0 Å². The van der Waals surface area contributed by atoms with Crippen LogP contribution in [-0.2, 0) is 9.53 Å². The van der Waals surface area contributed by atoms with Crippen molar-refractivity contribution < 1.29 is 18.7 Å². The number of hydrogen-bond donors (Lipinski definition) is 2. The maximum atomic E-state index is 12.9. The third-order valence-corrected chi connectivity index (χ3v) is 4.16. The van der Waals surface area contributed by atoms with E-state index in [1.807, 2.05) is 0 Å². The van der Waals surface area contributed by atoms with Gasteiger partial charge in [0.15, 0.2) is 0 Å². The van der Waals surface area contributed by atoms with Crippen LogP contribution in [0.2, 0.25) is 0 Å². The lowest BCUT2D eigenvalue weighted by Crippen LogP contribution is -2.49. The van der Waals surface area contributed by atoms with Gasteiger partial charge in [-0.05, 0) is 24.3 Å². The Hall–Kier alpha value is -1.80. The maximum Gasteiger partial charge on any atom is 0.323 e. The van der Waals surface area contributed by atoms with E-state index in [2.05, 4.69) is 10.6 Å². The van der Waals surface area contributed by atoms with Crippen molar-refractivity contribution in [2.45, 2.75) is 6.04 Å². The number of carbonyl (C=O) groups is 2. The molecule has 1 aromatic rings. The van der Waals surface area contributed by atoms with E-state index in [9.17, 15) is 14.0 Å². The Morgan fingerprint density at radius 3 is 2.82 bits per heavy atom. The molecule has 6 nitrogen and oxygen atoms in total. The van der Waals surface area contributed by atoms with E-state index in [0.717, 1.165) is 0 Å². The number of amides is 3. The largest absolute Gasteiger partial charge is 0.383 e. The molecule has 0 aromatic heterocycles. The molecule has 1 atom stereocenters. The maximum absolute atomic E-state index is 12.9. The highest BCUT2D eigenvalue weighted by atomic mass is 32.2. The van der Waals surface area contributed by atoms with Gasteiger partial charge in [0.1, 0.15) is 11.9 Å². The molecule has 8 heteroatoms. The van der Waals surface area contributed by atoms with Crippen LogP contribution in [-0.4, -0.2) is 54.8 Å². The van der Waals surface area contributed by atoms with E-state index in [4.69, 9.17) is 4.74 Å². The molecule has 22 heavy (non-hydrogen) atoms. The lowest BCUT2D eigenvalue weighted by Gasteiger charge is -2.23. The van der Waals surface area contributed by atoms with Gasteiger partial charge in [0.2, 0.25) is 5.91 Å². The van der Waals surface area contributed by atoms with E-state index in [-0.39, 0.29) is 17.8 Å². The number of ether oxygens (including phenoxy) is 1. The summed E-state index contributed by atoms with van der Waals surface area (Å²) in [5.41, 5.74) is 0.488. The summed E-state index contributed by atoms with van der Waals surface area (Å²) in [6.07, 6.45) is 0. The van der Waals surface area contributed by atoms with Gasteiger partial charge >= 0.3 is 6.03 Å². The van der Waals surface area contributed by atoms with Gasteiger partial charge in [-0.3, -0.25) is 4.79 Å². The first-order valence-corrected chi connectivity index (χ1v) is 7.95. The number of benzene rings is 1. The topological polar surface area (TPSA) is 70.7 Å². The third kappa shape index (κ3) is 4.35. The molecule has 1 heterocycles. The standard InChI is InChI=1S/C14H18FN3O3S/c1-21-7-6-16-13(19)12-8-22-9-18(12)14(20)17-11-4-2-10(15)3-5-11/h2-5,12H,6-9H2,1H3,(H,16,19)(H,17,20). The van der Waals surface area contributed by atoms with Crippen LogP contribution in [0.15, 0.2) is 24.3 Å². The van der Waals surface area contributed by atoms with Gasteiger partial charge in [-0.15, -0.1) is 11.8 Å². The van der Waals surface area contributed by atoms with Gasteiger partial charge < -0.3 is 20.3 Å². The summed E-state index contributed by atoms with van der Waals surface area (Å²) in [5, 5.41) is 5.40. The Labute approximate surface area is 132 Å². The zero-order valence-corrected chi connectivity index (χ0v) is 13.0. The molecule has 1 saturated heterocycles. The quantitative estimate of drug-likeness (QED) is 0.804. The molecule has 2 rings (SSSR count). The van der Waals surface area contributed by atoms with E-state index < -0.39 is 6.04 Å². The van der Waals surface area contributed by atoms with Gasteiger partial charge in [0.05, 0.1) is 12.5 Å². The predicted molar refractivity (Wildman–Crippen MR) is 83.3 cm³/mol. The highest BCUT2D eigenvalue weighted by molar-refractivity contribution is 7.99. The molecule has 120 valence electrons. The van der Waals surface area contributed by atoms with Crippen LogP contribution in [0.5, 0.6) is 0 Å². The predicted octanol–water partition coefficient (Wildman–Crippen LogP) is 1.50. The van der Waals surface area contributed by atoms with Crippen molar-refractivity contribution in [2.75, 3.05) is 37.2 Å². The first kappa shape index (κ1) is 16.6. The van der Waals surface area contributed by atoms with Gasteiger partial charge in [0.25, 0.3) is 0 Å². The second kappa shape index (κ2) is 8.00. The minimum Gasteiger partial charge on any atom is -0.383 e. The van der Waals surface area contributed by atoms with Crippen LogP contribution >= 0.6 is 11.8 Å². The molecule has 1 fully saturated rings. The fraction of sp³-hybridized carbons (Fsp3) is 0.429. The molecular formula is C14H18FN3O3S. The number of methoxy groups -OCH3 is 1. The van der Waals surface area contributed by atoms with Crippen LogP contribution in [0.4, 0.5) is 14.9 Å². The van der Waals surface area contributed by atoms with E-state index >= 15 is 0 Å². The fourth-order valence-corrected chi connectivity index (χ4v) is 3.14. The Balaban J connectivity index is 1.92. The third-order valence-electron chi connectivity index (χ3n) is 3.15. The zero-order valence-electron chi connectivity index (χ0n) is 12.2. The minimum absolute atomic E-state index is 0.198. The summed E-state index contributed by atoms with van der Waals surface area (Å²) in [6.45, 7) is 0.831. The molecule has 0 radical (unpaired) electrons. The molecule has 0 spiro atoms. The van der Waals surface area contributed by atoms with Crippen LogP contribution in [0, 0.1) is 5.82 Å². The summed E-state index contributed by atoms with van der Waals surface area (Å²) in [4.78, 5) is 25.8. The second-order valence-corrected chi connectivity index (χ2v) is 5.71. The zero-order chi connectivity index (χ0) is 15.9. The van der Waals surface area contributed by atoms with Gasteiger partial charge in [-0.25, -0.2) is 9.18 Å².